The van der Waals surface area contributed by atoms with E-state index in [2.05, 4.69) is 20.5 Å². The van der Waals surface area contributed by atoms with Gasteiger partial charge in [-0.1, -0.05) is 47.0 Å². The Morgan fingerprint density at radius 3 is 2.61 bits per heavy atom. The highest BCUT2D eigenvalue weighted by Crippen LogP contribution is 2.33. The monoisotopic (exact) mass is 489 g/mol. The number of amides is 1. The van der Waals surface area contributed by atoms with Crippen LogP contribution in [0, 0.1) is 17.0 Å². The number of aromatic nitrogens is 3. The Balaban J connectivity index is 1.35. The van der Waals surface area contributed by atoms with Crippen molar-refractivity contribution in [1.82, 2.24) is 15.2 Å². The Morgan fingerprint density at radius 2 is 1.90 bits per heavy atom. The van der Waals surface area contributed by atoms with Crippen LogP contribution in [0.25, 0.3) is 10.2 Å². The van der Waals surface area contributed by atoms with Crippen molar-refractivity contribution in [3.8, 4) is 0 Å². The van der Waals surface area contributed by atoms with Crippen molar-refractivity contribution in [3.05, 3.63) is 63.1 Å². The van der Waals surface area contributed by atoms with Gasteiger partial charge in [0.1, 0.15) is 5.01 Å². The standard InChI is InChI=1S/C19H15N5O3S4/c1-11-22-23-19(30-11)29-10-17(25)20-13-4-7-15-16(8-13)31-18(21-15)28-9-12-2-5-14(6-3-12)24(26)27/h2-8H,9-10H2,1H3,(H,20,25). The summed E-state index contributed by atoms with van der Waals surface area (Å²) in [5.41, 5.74) is 2.67. The lowest BCUT2D eigenvalue weighted by atomic mass is 10.2. The van der Waals surface area contributed by atoms with E-state index in [9.17, 15) is 14.9 Å². The topological polar surface area (TPSA) is 111 Å². The molecular weight excluding hydrogens is 475 g/mol. The Morgan fingerprint density at radius 1 is 1.10 bits per heavy atom. The van der Waals surface area contributed by atoms with E-state index in [1.807, 2.05) is 25.1 Å². The normalized spacial score (nSPS) is 11.0. The second-order valence-electron chi connectivity index (χ2n) is 6.30. The van der Waals surface area contributed by atoms with E-state index in [-0.39, 0.29) is 17.3 Å². The number of nitrogens with zero attached hydrogens (tertiary/aromatic N) is 4. The summed E-state index contributed by atoms with van der Waals surface area (Å²) in [7, 11) is 0. The van der Waals surface area contributed by atoms with Crippen molar-refractivity contribution in [2.45, 2.75) is 21.4 Å². The first kappa shape index (κ1) is 21.7. The van der Waals surface area contributed by atoms with E-state index < -0.39 is 4.92 Å². The fourth-order valence-corrected chi connectivity index (χ4v) is 6.24. The zero-order valence-corrected chi connectivity index (χ0v) is 19.4. The van der Waals surface area contributed by atoms with Crippen molar-refractivity contribution in [3.63, 3.8) is 0 Å². The molecule has 0 saturated carbocycles. The molecule has 8 nitrogen and oxygen atoms in total. The molecule has 2 aromatic heterocycles. The van der Waals surface area contributed by atoms with Crippen molar-refractivity contribution in [2.24, 2.45) is 0 Å². The lowest BCUT2D eigenvalue weighted by Gasteiger charge is -2.03. The molecule has 0 fully saturated rings. The summed E-state index contributed by atoms with van der Waals surface area (Å²) in [5.74, 6) is 0.838. The first-order chi connectivity index (χ1) is 15.0. The number of hydrogen-bond acceptors (Lipinski definition) is 10. The molecule has 4 rings (SSSR count). The molecule has 0 aliphatic carbocycles. The van der Waals surface area contributed by atoms with Gasteiger partial charge in [-0.15, -0.1) is 21.5 Å². The van der Waals surface area contributed by atoms with Crippen LogP contribution in [0.1, 0.15) is 10.6 Å². The van der Waals surface area contributed by atoms with Crippen LogP contribution in [0.15, 0.2) is 51.1 Å². The van der Waals surface area contributed by atoms with Crippen LogP contribution in [0.5, 0.6) is 0 Å². The number of nitro groups is 1. The maximum absolute atomic E-state index is 12.2. The number of carbonyl (C=O) groups excluding carboxylic acids is 1. The predicted octanol–water partition coefficient (Wildman–Crippen LogP) is 5.39. The zero-order chi connectivity index (χ0) is 21.8. The molecule has 2 aromatic carbocycles. The van der Waals surface area contributed by atoms with Gasteiger partial charge in [0.05, 0.1) is 20.9 Å². The minimum absolute atomic E-state index is 0.0835. The maximum Gasteiger partial charge on any atom is 0.269 e. The Kier molecular flexibility index (Phi) is 6.80. The number of nitro benzene ring substituents is 1. The van der Waals surface area contributed by atoms with E-state index >= 15 is 0 Å². The minimum Gasteiger partial charge on any atom is -0.325 e. The van der Waals surface area contributed by atoms with Gasteiger partial charge in [0.15, 0.2) is 8.68 Å². The average molecular weight is 490 g/mol. The molecule has 1 amide bonds. The molecule has 2 heterocycles. The molecule has 0 unspecified atom stereocenters. The van der Waals surface area contributed by atoms with Crippen LogP contribution in [-0.2, 0) is 10.5 Å². The quantitative estimate of drug-likeness (QED) is 0.199. The average Bonchev–Trinajstić information content (AvgIpc) is 3.36. The molecule has 1 N–H and O–H groups in total. The summed E-state index contributed by atoms with van der Waals surface area (Å²) in [6.45, 7) is 1.88. The molecule has 0 atom stereocenters. The molecule has 12 heteroatoms. The number of anilines is 1. The van der Waals surface area contributed by atoms with E-state index in [0.717, 1.165) is 35.2 Å². The van der Waals surface area contributed by atoms with Crippen LogP contribution >= 0.6 is 46.2 Å². The fraction of sp³-hybridized carbons (Fsp3) is 0.158. The van der Waals surface area contributed by atoms with Gasteiger partial charge in [0.2, 0.25) is 5.91 Å². The fourth-order valence-electron chi connectivity index (χ4n) is 2.56. The number of aryl methyl sites for hydroxylation is 1. The number of thioether (sulfide) groups is 2. The molecule has 31 heavy (non-hydrogen) atoms. The minimum atomic E-state index is -0.406. The number of benzene rings is 2. The number of thiazole rings is 1. The third-order valence-corrected chi connectivity index (χ3v) is 8.20. The number of nitrogens with one attached hydrogen (secondary N) is 1. The van der Waals surface area contributed by atoms with Crippen molar-refractivity contribution < 1.29 is 9.72 Å². The lowest BCUT2D eigenvalue weighted by Crippen LogP contribution is -2.13. The summed E-state index contributed by atoms with van der Waals surface area (Å²) in [5, 5.41) is 22.5. The molecular formula is C19H15N5O3S4. The Labute approximate surface area is 193 Å². The first-order valence-electron chi connectivity index (χ1n) is 8.96. The van der Waals surface area contributed by atoms with Crippen molar-refractivity contribution in [2.75, 3.05) is 11.1 Å². The zero-order valence-electron chi connectivity index (χ0n) is 16.1. The van der Waals surface area contributed by atoms with Gasteiger partial charge >= 0.3 is 0 Å². The van der Waals surface area contributed by atoms with Crippen LogP contribution < -0.4 is 5.32 Å². The maximum atomic E-state index is 12.2. The van der Waals surface area contributed by atoms with Crippen LogP contribution in [-0.4, -0.2) is 31.8 Å². The van der Waals surface area contributed by atoms with Gasteiger partial charge in [-0.2, -0.15) is 0 Å². The Hall–Kier alpha value is -2.54. The second-order valence-corrected chi connectivity index (χ2v) is 11.0. The number of non-ortho nitro benzene ring substituents is 1. The van der Waals surface area contributed by atoms with E-state index in [1.54, 1.807) is 35.2 Å². The lowest BCUT2D eigenvalue weighted by molar-refractivity contribution is -0.384. The van der Waals surface area contributed by atoms with Crippen LogP contribution in [0.3, 0.4) is 0 Å². The van der Waals surface area contributed by atoms with Gasteiger partial charge in [-0.05, 0) is 30.7 Å². The number of carbonyl (C=O) groups is 1. The first-order valence-corrected chi connectivity index (χ1v) is 12.6. The molecule has 0 bridgehead atoms. The van der Waals surface area contributed by atoms with E-state index in [4.69, 9.17) is 0 Å². The SMILES string of the molecule is Cc1nnc(SCC(=O)Nc2ccc3nc(SCc4ccc([N+](=O)[O-])cc4)sc3c2)s1. The predicted molar refractivity (Wildman–Crippen MR) is 126 cm³/mol. The van der Waals surface area contributed by atoms with Gasteiger partial charge < -0.3 is 5.32 Å². The van der Waals surface area contributed by atoms with E-state index in [0.29, 0.717) is 5.75 Å². The smallest absolute Gasteiger partial charge is 0.269 e. The van der Waals surface area contributed by atoms with Gasteiger partial charge in [0.25, 0.3) is 5.69 Å². The molecule has 158 valence electrons. The largest absolute Gasteiger partial charge is 0.325 e. The molecule has 4 aromatic rings. The summed E-state index contributed by atoms with van der Waals surface area (Å²) in [6, 6.07) is 12.2. The number of hydrogen-bond donors (Lipinski definition) is 1. The third-order valence-electron chi connectivity index (χ3n) is 4.00. The van der Waals surface area contributed by atoms with Crippen molar-refractivity contribution in [1.29, 1.82) is 0 Å². The molecule has 0 aliphatic heterocycles. The molecule has 0 spiro atoms. The van der Waals surface area contributed by atoms with Gasteiger partial charge in [0, 0.05) is 23.6 Å². The molecule has 0 saturated heterocycles. The van der Waals surface area contributed by atoms with Crippen LogP contribution in [0.2, 0.25) is 0 Å². The van der Waals surface area contributed by atoms with Crippen molar-refractivity contribution >= 4 is 73.7 Å². The van der Waals surface area contributed by atoms with E-state index in [1.165, 1.54) is 35.2 Å². The summed E-state index contributed by atoms with van der Waals surface area (Å²) < 4.78 is 2.66. The van der Waals surface area contributed by atoms with Crippen LogP contribution in [0.4, 0.5) is 11.4 Å². The number of fused-ring (bicyclic) bond motifs is 1. The highest BCUT2D eigenvalue weighted by atomic mass is 32.2. The summed E-state index contributed by atoms with van der Waals surface area (Å²) in [6.07, 6.45) is 0. The molecule has 0 radical (unpaired) electrons. The summed E-state index contributed by atoms with van der Waals surface area (Å²) in [4.78, 5) is 27.2. The highest BCUT2D eigenvalue weighted by molar-refractivity contribution is 8.01. The third kappa shape index (κ3) is 5.79. The summed E-state index contributed by atoms with van der Waals surface area (Å²) >= 11 is 5.96. The van der Waals surface area contributed by atoms with Gasteiger partial charge in [-0.25, -0.2) is 4.98 Å². The number of rotatable bonds is 8. The highest BCUT2D eigenvalue weighted by Gasteiger charge is 2.10. The second kappa shape index (κ2) is 9.73. The van der Waals surface area contributed by atoms with Gasteiger partial charge in [-0.3, -0.25) is 14.9 Å². The molecule has 0 aliphatic rings. The Bertz CT molecular complexity index is 1240.